The fourth-order valence-corrected chi connectivity index (χ4v) is 5.25. The second kappa shape index (κ2) is 9.41. The van der Waals surface area contributed by atoms with Gasteiger partial charge in [0.1, 0.15) is 22.5 Å². The minimum absolute atomic E-state index is 0.00276. The number of hydrogen-bond acceptors (Lipinski definition) is 8. The summed E-state index contributed by atoms with van der Waals surface area (Å²) in [7, 11) is 0. The van der Waals surface area contributed by atoms with Crippen LogP contribution in [0.3, 0.4) is 0 Å². The molecule has 0 aromatic carbocycles. The van der Waals surface area contributed by atoms with E-state index in [0.29, 0.717) is 25.1 Å². The van der Waals surface area contributed by atoms with Crippen LogP contribution >= 0.6 is 0 Å². The van der Waals surface area contributed by atoms with Gasteiger partial charge >= 0.3 is 0 Å². The molecule has 0 aliphatic carbocycles. The number of pyridine rings is 1. The number of H-pyrrole nitrogens is 1. The molecule has 5 rings (SSSR count). The van der Waals surface area contributed by atoms with Crippen molar-refractivity contribution >= 4 is 28.7 Å². The molecular weight excluding hydrogens is 442 g/mol. The lowest BCUT2D eigenvalue weighted by molar-refractivity contribution is -0.135. The highest BCUT2D eigenvalue weighted by molar-refractivity contribution is 5.89. The zero-order valence-electron chi connectivity index (χ0n) is 21.2. The molecule has 2 N–H and O–H groups in total. The number of hydrogen-bond donors (Lipinski definition) is 2. The Morgan fingerprint density at radius 2 is 1.83 bits per heavy atom. The first-order chi connectivity index (χ1) is 16.8. The molecule has 2 aliphatic rings. The van der Waals surface area contributed by atoms with Gasteiger partial charge in [-0.1, -0.05) is 13.8 Å². The van der Waals surface area contributed by atoms with Crippen molar-refractivity contribution in [1.29, 1.82) is 0 Å². The molecule has 2 saturated heterocycles. The lowest BCUT2D eigenvalue weighted by atomic mass is 10.1. The van der Waals surface area contributed by atoms with Crippen molar-refractivity contribution in [3.05, 3.63) is 24.5 Å². The van der Waals surface area contributed by atoms with Crippen molar-refractivity contribution in [2.75, 3.05) is 42.5 Å². The summed E-state index contributed by atoms with van der Waals surface area (Å²) in [6.45, 7) is 14.5. The molecule has 2 fully saturated rings. The molecule has 0 radical (unpaired) electrons. The van der Waals surface area contributed by atoms with E-state index in [9.17, 15) is 4.79 Å². The molecule has 1 amide bonds. The third kappa shape index (κ3) is 4.54. The van der Waals surface area contributed by atoms with Crippen LogP contribution in [0.2, 0.25) is 0 Å². The maximum Gasteiger partial charge on any atom is 0.226 e. The van der Waals surface area contributed by atoms with Gasteiger partial charge in [-0.2, -0.15) is 5.10 Å². The van der Waals surface area contributed by atoms with Gasteiger partial charge in [0.05, 0.1) is 6.20 Å². The minimum Gasteiger partial charge on any atom is -0.354 e. The van der Waals surface area contributed by atoms with Gasteiger partial charge in [0.2, 0.25) is 11.9 Å². The van der Waals surface area contributed by atoms with Gasteiger partial charge in [-0.3, -0.25) is 9.89 Å². The number of piperazine rings is 2. The number of carbonyl (C=O) groups excluding carboxylic acids is 1. The van der Waals surface area contributed by atoms with Gasteiger partial charge in [-0.25, -0.2) is 15.0 Å². The quantitative estimate of drug-likeness (QED) is 0.590. The van der Waals surface area contributed by atoms with Gasteiger partial charge in [0, 0.05) is 68.5 Å². The van der Waals surface area contributed by atoms with Crippen molar-refractivity contribution in [2.24, 2.45) is 5.92 Å². The standard InChI is InChI=1S/C25H35N9O/c1-15(2)24(35)33-13-17(4)34(18(5)14-33)25-28-11-20-23(29-25)22(31-30-20)19-6-7-21(27-10-19)32-9-8-26-16(3)12-32/h6-7,10-11,15-18,26H,8-9,12-14H2,1-5H3,(H,30,31)/t16-,17-,18+/m1/s1. The van der Waals surface area contributed by atoms with E-state index in [1.165, 1.54) is 0 Å². The van der Waals surface area contributed by atoms with Crippen LogP contribution in [0.5, 0.6) is 0 Å². The fraction of sp³-hybridized carbons (Fsp3) is 0.560. The molecule has 5 heterocycles. The van der Waals surface area contributed by atoms with E-state index in [1.807, 2.05) is 24.9 Å². The first kappa shape index (κ1) is 23.5. The summed E-state index contributed by atoms with van der Waals surface area (Å²) in [5.74, 6) is 1.84. The smallest absolute Gasteiger partial charge is 0.226 e. The van der Waals surface area contributed by atoms with E-state index < -0.39 is 0 Å². The molecule has 3 atom stereocenters. The largest absolute Gasteiger partial charge is 0.354 e. The Morgan fingerprint density at radius 3 is 2.49 bits per heavy atom. The Labute approximate surface area is 206 Å². The van der Waals surface area contributed by atoms with Crippen LogP contribution in [-0.4, -0.2) is 86.8 Å². The van der Waals surface area contributed by atoms with Crippen LogP contribution in [-0.2, 0) is 4.79 Å². The second-order valence-corrected chi connectivity index (χ2v) is 10.2. The number of aromatic amines is 1. The summed E-state index contributed by atoms with van der Waals surface area (Å²) in [4.78, 5) is 33.4. The molecule has 0 saturated carbocycles. The topological polar surface area (TPSA) is 106 Å². The number of nitrogens with zero attached hydrogens (tertiary/aromatic N) is 7. The third-order valence-corrected chi connectivity index (χ3v) is 6.96. The number of aromatic nitrogens is 5. The normalized spacial score (nSPS) is 23.4. The van der Waals surface area contributed by atoms with Gasteiger partial charge in [0.15, 0.2) is 0 Å². The summed E-state index contributed by atoms with van der Waals surface area (Å²) in [5, 5.41) is 11.1. The maximum atomic E-state index is 12.6. The Balaban J connectivity index is 1.40. The van der Waals surface area contributed by atoms with E-state index in [-0.39, 0.29) is 23.9 Å². The summed E-state index contributed by atoms with van der Waals surface area (Å²) in [6.07, 6.45) is 3.67. The molecule has 0 unspecified atom stereocenters. The van der Waals surface area contributed by atoms with Crippen LogP contribution < -0.4 is 15.1 Å². The van der Waals surface area contributed by atoms with Crippen LogP contribution in [0, 0.1) is 5.92 Å². The summed E-state index contributed by atoms with van der Waals surface area (Å²) in [6, 6.07) is 4.79. The lowest BCUT2D eigenvalue weighted by Crippen LogP contribution is -2.59. The second-order valence-electron chi connectivity index (χ2n) is 10.2. The highest BCUT2D eigenvalue weighted by Gasteiger charge is 2.34. The molecule has 3 aromatic rings. The molecular formula is C25H35N9O. The Kier molecular flexibility index (Phi) is 6.31. The summed E-state index contributed by atoms with van der Waals surface area (Å²) in [5.41, 5.74) is 3.25. The van der Waals surface area contributed by atoms with Crippen LogP contribution in [0.4, 0.5) is 11.8 Å². The van der Waals surface area contributed by atoms with Crippen molar-refractivity contribution in [1.82, 2.24) is 35.4 Å². The predicted octanol–water partition coefficient (Wildman–Crippen LogP) is 2.29. The Hall–Kier alpha value is -3.27. The molecule has 186 valence electrons. The van der Waals surface area contributed by atoms with E-state index in [0.717, 1.165) is 47.7 Å². The number of carbonyl (C=O) groups is 1. The molecule has 10 heteroatoms. The van der Waals surface area contributed by atoms with Gasteiger partial charge < -0.3 is 20.0 Å². The average molecular weight is 478 g/mol. The molecule has 0 spiro atoms. The van der Waals surface area contributed by atoms with E-state index in [1.54, 1.807) is 6.20 Å². The summed E-state index contributed by atoms with van der Waals surface area (Å²) >= 11 is 0. The highest BCUT2D eigenvalue weighted by atomic mass is 16.2. The van der Waals surface area contributed by atoms with Gasteiger partial charge in [-0.05, 0) is 32.9 Å². The maximum absolute atomic E-state index is 12.6. The first-order valence-electron chi connectivity index (χ1n) is 12.5. The summed E-state index contributed by atoms with van der Waals surface area (Å²) < 4.78 is 0. The average Bonchev–Trinajstić information content (AvgIpc) is 3.26. The van der Waals surface area contributed by atoms with Crippen LogP contribution in [0.1, 0.15) is 34.6 Å². The molecule has 10 nitrogen and oxygen atoms in total. The number of amides is 1. The zero-order chi connectivity index (χ0) is 24.7. The minimum atomic E-state index is -0.00276. The van der Waals surface area contributed by atoms with E-state index in [4.69, 9.17) is 9.97 Å². The number of fused-ring (bicyclic) bond motifs is 1. The molecule has 2 aliphatic heterocycles. The molecule has 35 heavy (non-hydrogen) atoms. The van der Waals surface area contributed by atoms with Crippen molar-refractivity contribution < 1.29 is 4.79 Å². The molecule has 0 bridgehead atoms. The highest BCUT2D eigenvalue weighted by Crippen LogP contribution is 2.29. The van der Waals surface area contributed by atoms with E-state index >= 15 is 0 Å². The predicted molar refractivity (Wildman–Crippen MR) is 137 cm³/mol. The van der Waals surface area contributed by atoms with Crippen LogP contribution in [0.15, 0.2) is 24.5 Å². The number of anilines is 2. The Bertz CT molecular complexity index is 1180. The molecule has 3 aromatic heterocycles. The number of rotatable bonds is 4. The van der Waals surface area contributed by atoms with Crippen LogP contribution in [0.25, 0.3) is 22.3 Å². The Morgan fingerprint density at radius 1 is 1.06 bits per heavy atom. The number of nitrogens with one attached hydrogen (secondary N) is 2. The van der Waals surface area contributed by atoms with Gasteiger partial charge in [-0.15, -0.1) is 0 Å². The van der Waals surface area contributed by atoms with Gasteiger partial charge in [0.25, 0.3) is 0 Å². The van der Waals surface area contributed by atoms with Crippen molar-refractivity contribution in [3.63, 3.8) is 0 Å². The first-order valence-corrected chi connectivity index (χ1v) is 12.5. The lowest BCUT2D eigenvalue weighted by Gasteiger charge is -2.44. The zero-order valence-corrected chi connectivity index (χ0v) is 21.2. The third-order valence-electron chi connectivity index (χ3n) is 6.96. The fourth-order valence-electron chi connectivity index (χ4n) is 5.25. The monoisotopic (exact) mass is 477 g/mol. The van der Waals surface area contributed by atoms with E-state index in [2.05, 4.69) is 63.2 Å². The van der Waals surface area contributed by atoms with Crippen molar-refractivity contribution in [3.8, 4) is 11.3 Å². The SMILES string of the molecule is CC(C)C(=O)N1C[C@@H](C)N(c2ncc3[nH]nc(-c4ccc(N5CCN[C@H](C)C5)nc4)c3n2)[C@@H](C)C1. The van der Waals surface area contributed by atoms with Crippen molar-refractivity contribution in [2.45, 2.75) is 52.7 Å².